The first-order valence-electron chi connectivity index (χ1n) is 5.94. The zero-order valence-electron chi connectivity index (χ0n) is 10.4. The van der Waals surface area contributed by atoms with Gasteiger partial charge in [-0.05, 0) is 29.8 Å². The van der Waals surface area contributed by atoms with Crippen LogP contribution in [0, 0.1) is 0 Å². The fraction of sp³-hybridized carbons (Fsp3) is 0.133. The second-order valence-corrected chi connectivity index (χ2v) is 5.05. The van der Waals surface area contributed by atoms with E-state index < -0.39 is 12.1 Å². The second-order valence-electron chi connectivity index (χ2n) is 4.21. The van der Waals surface area contributed by atoms with Crippen LogP contribution in [-0.4, -0.2) is 17.2 Å². The minimum absolute atomic E-state index is 0.234. The zero-order valence-corrected chi connectivity index (χ0v) is 11.9. The fourth-order valence-corrected chi connectivity index (χ4v) is 2.01. The molecule has 0 aliphatic carbocycles. The summed E-state index contributed by atoms with van der Waals surface area (Å²) in [7, 11) is 0. The lowest BCUT2D eigenvalue weighted by Gasteiger charge is -2.16. The van der Waals surface area contributed by atoms with E-state index in [1.807, 2.05) is 0 Å². The highest BCUT2D eigenvalue weighted by atomic mass is 35.5. The molecule has 104 valence electrons. The SMILES string of the molecule is O=C(O)C(Cc1ccc(Cl)cc1)Oc1ccccc1Cl. The van der Waals surface area contributed by atoms with Crippen molar-refractivity contribution in [2.75, 3.05) is 0 Å². The number of hydrogen-bond acceptors (Lipinski definition) is 2. The molecule has 2 aromatic carbocycles. The molecule has 2 aromatic rings. The van der Waals surface area contributed by atoms with Crippen LogP contribution in [-0.2, 0) is 11.2 Å². The molecule has 1 atom stereocenters. The summed E-state index contributed by atoms with van der Waals surface area (Å²) in [6, 6.07) is 13.8. The summed E-state index contributed by atoms with van der Waals surface area (Å²) in [4.78, 5) is 11.3. The molecule has 0 aliphatic rings. The minimum atomic E-state index is -1.04. The minimum Gasteiger partial charge on any atom is -0.478 e. The van der Waals surface area contributed by atoms with Crippen LogP contribution >= 0.6 is 23.2 Å². The molecule has 1 unspecified atom stereocenters. The van der Waals surface area contributed by atoms with Gasteiger partial charge in [0.1, 0.15) is 5.75 Å². The largest absolute Gasteiger partial charge is 0.478 e. The van der Waals surface area contributed by atoms with E-state index in [0.717, 1.165) is 5.56 Å². The van der Waals surface area contributed by atoms with Gasteiger partial charge in [0.05, 0.1) is 5.02 Å². The Morgan fingerprint density at radius 3 is 2.35 bits per heavy atom. The van der Waals surface area contributed by atoms with Crippen molar-refractivity contribution < 1.29 is 14.6 Å². The van der Waals surface area contributed by atoms with E-state index in [0.29, 0.717) is 15.8 Å². The van der Waals surface area contributed by atoms with Crippen molar-refractivity contribution in [1.82, 2.24) is 0 Å². The van der Waals surface area contributed by atoms with Crippen LogP contribution in [0.3, 0.4) is 0 Å². The van der Waals surface area contributed by atoms with Crippen LogP contribution in [0.4, 0.5) is 0 Å². The molecular formula is C15H12Cl2O3. The number of rotatable bonds is 5. The molecule has 0 bridgehead atoms. The molecular weight excluding hydrogens is 299 g/mol. The van der Waals surface area contributed by atoms with Gasteiger partial charge >= 0.3 is 5.97 Å². The number of ether oxygens (including phenoxy) is 1. The maximum atomic E-state index is 11.3. The molecule has 0 fully saturated rings. The summed E-state index contributed by atoms with van der Waals surface area (Å²) in [5, 5.41) is 10.2. The summed E-state index contributed by atoms with van der Waals surface area (Å²) in [5.41, 5.74) is 0.828. The Bertz CT molecular complexity index is 596. The summed E-state index contributed by atoms with van der Waals surface area (Å²) < 4.78 is 5.48. The summed E-state index contributed by atoms with van der Waals surface area (Å²) in [6.07, 6.45) is -0.770. The van der Waals surface area contributed by atoms with Gasteiger partial charge in [-0.15, -0.1) is 0 Å². The van der Waals surface area contributed by atoms with E-state index in [2.05, 4.69) is 0 Å². The van der Waals surface area contributed by atoms with Gasteiger partial charge in [0, 0.05) is 11.4 Å². The molecule has 0 aromatic heterocycles. The van der Waals surface area contributed by atoms with Gasteiger partial charge in [-0.3, -0.25) is 0 Å². The molecule has 0 saturated carbocycles. The highest BCUT2D eigenvalue weighted by Gasteiger charge is 2.21. The lowest BCUT2D eigenvalue weighted by Crippen LogP contribution is -2.29. The average Bonchev–Trinajstić information content (AvgIpc) is 2.42. The number of para-hydroxylation sites is 1. The van der Waals surface area contributed by atoms with Gasteiger partial charge in [0.15, 0.2) is 6.10 Å². The number of carboxylic acid groups (broad SMARTS) is 1. The lowest BCUT2D eigenvalue weighted by atomic mass is 10.1. The van der Waals surface area contributed by atoms with Crippen molar-refractivity contribution in [2.24, 2.45) is 0 Å². The van der Waals surface area contributed by atoms with Gasteiger partial charge in [0.2, 0.25) is 0 Å². The van der Waals surface area contributed by atoms with Gasteiger partial charge in [-0.1, -0.05) is 47.5 Å². The fourth-order valence-electron chi connectivity index (χ4n) is 1.71. The zero-order chi connectivity index (χ0) is 14.5. The molecule has 5 heteroatoms. The van der Waals surface area contributed by atoms with E-state index in [9.17, 15) is 9.90 Å². The van der Waals surface area contributed by atoms with Gasteiger partial charge in [-0.2, -0.15) is 0 Å². The topological polar surface area (TPSA) is 46.5 Å². The number of halogens is 2. The van der Waals surface area contributed by atoms with Crippen LogP contribution in [0.2, 0.25) is 10.0 Å². The molecule has 0 spiro atoms. The number of carbonyl (C=O) groups is 1. The van der Waals surface area contributed by atoms with Gasteiger partial charge < -0.3 is 9.84 Å². The third-order valence-corrected chi connectivity index (χ3v) is 3.28. The smallest absolute Gasteiger partial charge is 0.345 e. The van der Waals surface area contributed by atoms with E-state index in [1.54, 1.807) is 48.5 Å². The summed E-state index contributed by atoms with van der Waals surface area (Å²) in [6.45, 7) is 0. The number of benzene rings is 2. The van der Waals surface area contributed by atoms with Crippen molar-refractivity contribution in [3.05, 3.63) is 64.1 Å². The molecule has 3 nitrogen and oxygen atoms in total. The maximum absolute atomic E-state index is 11.3. The lowest BCUT2D eigenvalue weighted by molar-refractivity contribution is -0.145. The normalized spacial score (nSPS) is 11.9. The van der Waals surface area contributed by atoms with Crippen LogP contribution in [0.15, 0.2) is 48.5 Å². The molecule has 0 heterocycles. The third kappa shape index (κ3) is 3.89. The Kier molecular flexibility index (Phi) is 4.88. The van der Waals surface area contributed by atoms with Crippen LogP contribution in [0.25, 0.3) is 0 Å². The predicted octanol–water partition coefficient (Wildman–Crippen LogP) is 4.07. The van der Waals surface area contributed by atoms with Crippen molar-refractivity contribution in [2.45, 2.75) is 12.5 Å². The summed E-state index contributed by atoms with van der Waals surface area (Å²) in [5.74, 6) is -0.685. The molecule has 20 heavy (non-hydrogen) atoms. The van der Waals surface area contributed by atoms with Crippen molar-refractivity contribution in [3.63, 3.8) is 0 Å². The number of aliphatic carboxylic acids is 1. The Balaban J connectivity index is 2.14. The van der Waals surface area contributed by atoms with Gasteiger partial charge in [-0.25, -0.2) is 4.79 Å². The van der Waals surface area contributed by atoms with Crippen molar-refractivity contribution in [3.8, 4) is 5.75 Å². The maximum Gasteiger partial charge on any atom is 0.345 e. The van der Waals surface area contributed by atoms with Crippen molar-refractivity contribution >= 4 is 29.2 Å². The van der Waals surface area contributed by atoms with E-state index in [4.69, 9.17) is 27.9 Å². The molecule has 1 N–H and O–H groups in total. The van der Waals surface area contributed by atoms with Crippen LogP contribution in [0.1, 0.15) is 5.56 Å². The summed E-state index contributed by atoms with van der Waals surface area (Å²) >= 11 is 11.8. The molecule has 0 saturated heterocycles. The number of carboxylic acids is 1. The second kappa shape index (κ2) is 6.64. The molecule has 0 amide bonds. The molecule has 2 rings (SSSR count). The first kappa shape index (κ1) is 14.7. The highest BCUT2D eigenvalue weighted by molar-refractivity contribution is 6.32. The van der Waals surface area contributed by atoms with E-state index >= 15 is 0 Å². The standard InChI is InChI=1S/C15H12Cl2O3/c16-11-7-5-10(6-8-11)9-14(15(18)19)20-13-4-2-1-3-12(13)17/h1-8,14H,9H2,(H,18,19). The van der Waals surface area contributed by atoms with Crippen LogP contribution in [0.5, 0.6) is 5.75 Å². The Labute approximate surface area is 126 Å². The predicted molar refractivity (Wildman–Crippen MR) is 78.7 cm³/mol. The van der Waals surface area contributed by atoms with Crippen LogP contribution < -0.4 is 4.74 Å². The highest BCUT2D eigenvalue weighted by Crippen LogP contribution is 2.25. The Morgan fingerprint density at radius 1 is 1.10 bits per heavy atom. The average molecular weight is 311 g/mol. The molecule has 0 aliphatic heterocycles. The first-order chi connectivity index (χ1) is 9.56. The number of hydrogen-bond donors (Lipinski definition) is 1. The Hall–Kier alpha value is -1.71. The first-order valence-corrected chi connectivity index (χ1v) is 6.70. The monoisotopic (exact) mass is 310 g/mol. The molecule has 0 radical (unpaired) electrons. The van der Waals surface area contributed by atoms with E-state index in [1.165, 1.54) is 0 Å². The quantitative estimate of drug-likeness (QED) is 0.905. The van der Waals surface area contributed by atoms with Gasteiger partial charge in [0.25, 0.3) is 0 Å². The van der Waals surface area contributed by atoms with E-state index in [-0.39, 0.29) is 6.42 Å². The van der Waals surface area contributed by atoms with Crippen molar-refractivity contribution in [1.29, 1.82) is 0 Å². The Morgan fingerprint density at radius 2 is 1.75 bits per heavy atom. The third-order valence-electron chi connectivity index (χ3n) is 2.72.